The highest BCUT2D eigenvalue weighted by atomic mass is 35.5. The van der Waals surface area contributed by atoms with Gasteiger partial charge in [-0.25, -0.2) is 0 Å². The first kappa shape index (κ1) is 10.2. The maximum absolute atomic E-state index is 11.3. The Morgan fingerprint density at radius 1 is 1.54 bits per heavy atom. The minimum atomic E-state index is -0.420. The first-order valence-corrected chi connectivity index (χ1v) is 4.50. The molecule has 0 aromatic heterocycles. The molecule has 0 saturated carbocycles. The topological polar surface area (TPSA) is 43.1 Å². The number of ketones is 1. The lowest BCUT2D eigenvalue weighted by atomic mass is 10.1. The molecule has 1 rings (SSSR count). The maximum atomic E-state index is 11.3. The largest absolute Gasteiger partial charge is 0.322 e. The molecule has 2 nitrogen and oxygen atoms in total. The van der Waals surface area contributed by atoms with E-state index in [1.54, 1.807) is 13.0 Å². The van der Waals surface area contributed by atoms with E-state index in [-0.39, 0.29) is 5.78 Å². The van der Waals surface area contributed by atoms with Gasteiger partial charge in [0, 0.05) is 11.4 Å². The minimum absolute atomic E-state index is 0.00750. The first-order chi connectivity index (χ1) is 6.11. The molecule has 13 heavy (non-hydrogen) atoms. The molecule has 0 spiro atoms. The average molecular weight is 198 g/mol. The zero-order chi connectivity index (χ0) is 9.84. The van der Waals surface area contributed by atoms with Crippen molar-refractivity contribution in [3.63, 3.8) is 0 Å². The van der Waals surface area contributed by atoms with Crippen LogP contribution in [0.5, 0.6) is 0 Å². The molecule has 70 valence electrons. The molecule has 1 aromatic rings. The molecule has 0 aliphatic carbocycles. The summed E-state index contributed by atoms with van der Waals surface area (Å²) < 4.78 is 0. The lowest BCUT2D eigenvalue weighted by Crippen LogP contribution is -2.28. The van der Waals surface area contributed by atoms with Crippen LogP contribution in [0.15, 0.2) is 24.3 Å². The molecule has 0 radical (unpaired) electrons. The van der Waals surface area contributed by atoms with E-state index in [1.165, 1.54) is 0 Å². The standard InChI is InChI=1S/C10H12ClNO/c1-7(12)10(13)6-8-4-2-3-5-9(8)11/h2-5,7H,6,12H2,1H3. The van der Waals surface area contributed by atoms with E-state index in [9.17, 15) is 4.79 Å². The second-order valence-corrected chi connectivity index (χ2v) is 3.43. The molecule has 0 heterocycles. The SMILES string of the molecule is CC(N)C(=O)Cc1ccccc1Cl. The van der Waals surface area contributed by atoms with E-state index in [0.29, 0.717) is 11.4 Å². The van der Waals surface area contributed by atoms with E-state index in [0.717, 1.165) is 5.56 Å². The van der Waals surface area contributed by atoms with Gasteiger partial charge in [-0.2, -0.15) is 0 Å². The molecule has 0 fully saturated rings. The van der Waals surface area contributed by atoms with Gasteiger partial charge in [-0.05, 0) is 18.6 Å². The van der Waals surface area contributed by atoms with E-state index in [2.05, 4.69) is 0 Å². The maximum Gasteiger partial charge on any atom is 0.153 e. The summed E-state index contributed by atoms with van der Waals surface area (Å²) >= 11 is 5.88. The van der Waals surface area contributed by atoms with Crippen molar-refractivity contribution in [3.05, 3.63) is 34.9 Å². The summed E-state index contributed by atoms with van der Waals surface area (Å²) in [6.07, 6.45) is 0.317. The van der Waals surface area contributed by atoms with Gasteiger partial charge >= 0.3 is 0 Å². The van der Waals surface area contributed by atoms with Gasteiger partial charge < -0.3 is 5.73 Å². The molecular formula is C10H12ClNO. The van der Waals surface area contributed by atoms with Crippen LogP contribution in [-0.4, -0.2) is 11.8 Å². The third-order valence-electron chi connectivity index (χ3n) is 1.83. The van der Waals surface area contributed by atoms with Crippen LogP contribution in [0.3, 0.4) is 0 Å². The van der Waals surface area contributed by atoms with E-state index in [1.807, 2.05) is 18.2 Å². The summed E-state index contributed by atoms with van der Waals surface area (Å²) in [7, 11) is 0. The van der Waals surface area contributed by atoms with Crippen molar-refractivity contribution in [1.29, 1.82) is 0 Å². The summed E-state index contributed by atoms with van der Waals surface area (Å²) in [6, 6.07) is 6.88. The van der Waals surface area contributed by atoms with Crippen molar-refractivity contribution in [2.45, 2.75) is 19.4 Å². The van der Waals surface area contributed by atoms with Crippen LogP contribution < -0.4 is 5.73 Å². The van der Waals surface area contributed by atoms with Crippen LogP contribution in [0.4, 0.5) is 0 Å². The summed E-state index contributed by atoms with van der Waals surface area (Å²) in [5.41, 5.74) is 6.28. The number of carbonyl (C=O) groups excluding carboxylic acids is 1. The van der Waals surface area contributed by atoms with Gasteiger partial charge in [0.2, 0.25) is 0 Å². The highest BCUT2D eigenvalue weighted by Gasteiger charge is 2.09. The summed E-state index contributed by atoms with van der Waals surface area (Å²) in [5, 5.41) is 0.622. The molecule has 1 atom stereocenters. The number of Topliss-reactive ketones (excluding diaryl/α,β-unsaturated/α-hetero) is 1. The van der Waals surface area contributed by atoms with Gasteiger partial charge in [0.25, 0.3) is 0 Å². The highest BCUT2D eigenvalue weighted by Crippen LogP contribution is 2.15. The van der Waals surface area contributed by atoms with Gasteiger partial charge in [0.1, 0.15) is 0 Å². The predicted molar refractivity (Wildman–Crippen MR) is 53.8 cm³/mol. The number of hydrogen-bond donors (Lipinski definition) is 1. The van der Waals surface area contributed by atoms with Crippen LogP contribution in [0.25, 0.3) is 0 Å². The zero-order valence-electron chi connectivity index (χ0n) is 7.46. The number of carbonyl (C=O) groups is 1. The fraction of sp³-hybridized carbons (Fsp3) is 0.300. The van der Waals surface area contributed by atoms with Gasteiger partial charge in [-0.15, -0.1) is 0 Å². The number of halogens is 1. The molecule has 2 N–H and O–H groups in total. The fourth-order valence-corrected chi connectivity index (χ4v) is 1.19. The monoisotopic (exact) mass is 197 g/mol. The zero-order valence-corrected chi connectivity index (χ0v) is 8.21. The Morgan fingerprint density at radius 3 is 2.69 bits per heavy atom. The van der Waals surface area contributed by atoms with E-state index < -0.39 is 6.04 Å². The van der Waals surface area contributed by atoms with Crippen molar-refractivity contribution >= 4 is 17.4 Å². The van der Waals surface area contributed by atoms with Crippen molar-refractivity contribution in [3.8, 4) is 0 Å². The number of rotatable bonds is 3. The van der Waals surface area contributed by atoms with Crippen LogP contribution >= 0.6 is 11.6 Å². The average Bonchev–Trinajstić information content (AvgIpc) is 2.08. The summed E-state index contributed by atoms with van der Waals surface area (Å²) in [5.74, 6) is 0.00750. The second kappa shape index (κ2) is 4.40. The van der Waals surface area contributed by atoms with Crippen molar-refractivity contribution < 1.29 is 4.79 Å². The van der Waals surface area contributed by atoms with Crippen LogP contribution in [-0.2, 0) is 11.2 Å². The Bertz CT molecular complexity index is 310. The van der Waals surface area contributed by atoms with Crippen molar-refractivity contribution in [2.75, 3.05) is 0 Å². The van der Waals surface area contributed by atoms with Gasteiger partial charge in [0.05, 0.1) is 6.04 Å². The molecule has 0 bridgehead atoms. The normalized spacial score (nSPS) is 12.5. The van der Waals surface area contributed by atoms with Gasteiger partial charge in [-0.1, -0.05) is 29.8 Å². The predicted octanol–water partition coefficient (Wildman–Crippen LogP) is 1.80. The first-order valence-electron chi connectivity index (χ1n) is 4.13. The molecule has 3 heteroatoms. The number of benzene rings is 1. The van der Waals surface area contributed by atoms with Crippen LogP contribution in [0, 0.1) is 0 Å². The lowest BCUT2D eigenvalue weighted by molar-refractivity contribution is -0.119. The number of nitrogens with two attached hydrogens (primary N) is 1. The second-order valence-electron chi connectivity index (χ2n) is 3.02. The van der Waals surface area contributed by atoms with Crippen LogP contribution in [0.1, 0.15) is 12.5 Å². The quantitative estimate of drug-likeness (QED) is 0.803. The molecule has 0 aliphatic heterocycles. The van der Waals surface area contributed by atoms with Crippen molar-refractivity contribution in [1.82, 2.24) is 0 Å². The Kier molecular flexibility index (Phi) is 3.46. The fourth-order valence-electron chi connectivity index (χ4n) is 0.990. The smallest absolute Gasteiger partial charge is 0.153 e. The van der Waals surface area contributed by atoms with E-state index >= 15 is 0 Å². The van der Waals surface area contributed by atoms with E-state index in [4.69, 9.17) is 17.3 Å². The van der Waals surface area contributed by atoms with Crippen molar-refractivity contribution in [2.24, 2.45) is 5.73 Å². The Balaban J connectivity index is 2.75. The highest BCUT2D eigenvalue weighted by molar-refractivity contribution is 6.31. The Hall–Kier alpha value is -0.860. The lowest BCUT2D eigenvalue weighted by Gasteiger charge is -2.05. The van der Waals surface area contributed by atoms with Gasteiger partial charge in [0.15, 0.2) is 5.78 Å². The molecule has 0 amide bonds. The Labute approximate surface area is 82.7 Å². The molecular weight excluding hydrogens is 186 g/mol. The summed E-state index contributed by atoms with van der Waals surface area (Å²) in [4.78, 5) is 11.3. The molecule has 0 saturated heterocycles. The van der Waals surface area contributed by atoms with Gasteiger partial charge in [-0.3, -0.25) is 4.79 Å². The third kappa shape index (κ3) is 2.83. The summed E-state index contributed by atoms with van der Waals surface area (Å²) in [6.45, 7) is 1.68. The molecule has 1 aromatic carbocycles. The third-order valence-corrected chi connectivity index (χ3v) is 2.20. The minimum Gasteiger partial charge on any atom is -0.322 e. The van der Waals surface area contributed by atoms with Crippen LogP contribution in [0.2, 0.25) is 5.02 Å². The molecule has 1 unspecified atom stereocenters. The number of hydrogen-bond acceptors (Lipinski definition) is 2. The Morgan fingerprint density at radius 2 is 2.15 bits per heavy atom. The molecule has 0 aliphatic rings.